The Morgan fingerprint density at radius 1 is 0.833 bits per heavy atom. The van der Waals surface area contributed by atoms with E-state index in [4.69, 9.17) is 33.7 Å². The molecule has 4 heterocycles. The Morgan fingerprint density at radius 3 is 2.04 bits per heavy atom. The van der Waals surface area contributed by atoms with Crippen LogP contribution in [0.4, 0.5) is 20.2 Å². The summed E-state index contributed by atoms with van der Waals surface area (Å²) in [5.41, 5.74) is 0.418. The highest BCUT2D eigenvalue weighted by Gasteiger charge is 2.36. The summed E-state index contributed by atoms with van der Waals surface area (Å²) < 4.78 is 28.4. The number of thiazole rings is 1. The predicted molar refractivity (Wildman–Crippen MR) is 208 cm³/mol. The van der Waals surface area contributed by atoms with Crippen LogP contribution in [0.2, 0.25) is 0 Å². The van der Waals surface area contributed by atoms with Crippen LogP contribution in [-0.2, 0) is 25.5 Å². The molecular formula is C40H51N5O8S. The number of nitrogens with zero attached hydrogens (tertiary/aromatic N) is 5. The highest BCUT2D eigenvalue weighted by molar-refractivity contribution is 7.15. The number of carbonyl (C=O) groups excluding carboxylic acids is 3. The highest BCUT2D eigenvalue weighted by atomic mass is 32.1. The minimum Gasteiger partial charge on any atom is -0.494 e. The number of ether oxygens (including phenoxy) is 5. The van der Waals surface area contributed by atoms with E-state index in [9.17, 15) is 14.4 Å². The number of fused-ring (bicyclic) bond motifs is 1. The van der Waals surface area contributed by atoms with Crippen LogP contribution in [-0.4, -0.2) is 82.3 Å². The van der Waals surface area contributed by atoms with E-state index in [0.29, 0.717) is 40.3 Å². The zero-order valence-corrected chi connectivity index (χ0v) is 33.9. The number of methoxy groups -OCH3 is 1. The van der Waals surface area contributed by atoms with Crippen molar-refractivity contribution in [2.24, 2.45) is 0 Å². The fourth-order valence-corrected chi connectivity index (χ4v) is 7.16. The van der Waals surface area contributed by atoms with E-state index < -0.39 is 35.1 Å². The van der Waals surface area contributed by atoms with E-state index in [1.54, 1.807) is 74.3 Å². The van der Waals surface area contributed by atoms with Crippen molar-refractivity contribution in [2.75, 3.05) is 32.3 Å². The van der Waals surface area contributed by atoms with Crippen molar-refractivity contribution in [3.8, 4) is 27.4 Å². The van der Waals surface area contributed by atoms with Gasteiger partial charge in [-0.25, -0.2) is 24.4 Å². The third kappa shape index (κ3) is 9.83. The lowest BCUT2D eigenvalue weighted by molar-refractivity contribution is 0.0280. The standard InChI is InChI=1S/C40H51N5O8S/c1-38(2,3)51-35(46)44(10)23-30-32(24-15-18-50-19-16-24)54-34(43-30)29-21-42-33(45(36(47)52-39(4,5)6)37(48)53-40(7,8)9)28-20-25(12-13-27(28)29)26-14-17-41-22-31(26)49-11/h12-14,17,20-22,24H,15-16,18-19,23H2,1-11H3. The monoisotopic (exact) mass is 761 g/mol. The minimum absolute atomic E-state index is 0.0261. The quantitative estimate of drug-likeness (QED) is 0.166. The number of amides is 3. The molecule has 0 bridgehead atoms. The fraction of sp³-hybridized carbons (Fsp3) is 0.500. The van der Waals surface area contributed by atoms with Crippen LogP contribution in [0.25, 0.3) is 32.5 Å². The Kier molecular flexibility index (Phi) is 11.9. The number of rotatable bonds is 7. The molecule has 0 radical (unpaired) electrons. The van der Waals surface area contributed by atoms with Gasteiger partial charge in [-0.15, -0.1) is 11.3 Å². The molecular weight excluding hydrogens is 711 g/mol. The summed E-state index contributed by atoms with van der Waals surface area (Å²) in [7, 11) is 3.26. The molecule has 0 atom stereocenters. The van der Waals surface area contributed by atoms with Gasteiger partial charge in [0.15, 0.2) is 5.82 Å². The molecule has 1 fully saturated rings. The van der Waals surface area contributed by atoms with E-state index in [2.05, 4.69) is 4.98 Å². The van der Waals surface area contributed by atoms with Crippen LogP contribution < -0.4 is 9.64 Å². The molecule has 0 saturated carbocycles. The van der Waals surface area contributed by atoms with Crippen molar-refractivity contribution < 1.29 is 38.1 Å². The van der Waals surface area contributed by atoms with Gasteiger partial charge < -0.3 is 28.6 Å². The van der Waals surface area contributed by atoms with Gasteiger partial charge >= 0.3 is 18.3 Å². The molecule has 0 unspecified atom stereocenters. The average molecular weight is 762 g/mol. The third-order valence-electron chi connectivity index (χ3n) is 8.19. The van der Waals surface area contributed by atoms with Gasteiger partial charge in [-0.2, -0.15) is 4.90 Å². The van der Waals surface area contributed by atoms with Crippen LogP contribution in [0, 0.1) is 0 Å². The van der Waals surface area contributed by atoms with Crippen LogP contribution >= 0.6 is 11.3 Å². The topological polar surface area (TPSA) is 143 Å². The largest absolute Gasteiger partial charge is 0.494 e. The maximum atomic E-state index is 13.9. The summed E-state index contributed by atoms with van der Waals surface area (Å²) >= 11 is 1.54. The lowest BCUT2D eigenvalue weighted by Gasteiger charge is -2.28. The Morgan fingerprint density at radius 2 is 1.44 bits per heavy atom. The van der Waals surface area contributed by atoms with E-state index in [1.807, 2.05) is 45.0 Å². The molecule has 0 spiro atoms. The third-order valence-corrected chi connectivity index (χ3v) is 9.48. The maximum Gasteiger partial charge on any atom is 0.425 e. The molecule has 13 nitrogen and oxygen atoms in total. The van der Waals surface area contributed by atoms with Gasteiger partial charge in [0.25, 0.3) is 0 Å². The van der Waals surface area contributed by atoms with Crippen LogP contribution in [0.5, 0.6) is 5.75 Å². The number of aromatic nitrogens is 3. The van der Waals surface area contributed by atoms with Crippen LogP contribution in [0.3, 0.4) is 0 Å². The van der Waals surface area contributed by atoms with Gasteiger partial charge in [-0.05, 0) is 104 Å². The van der Waals surface area contributed by atoms with E-state index in [0.717, 1.165) is 39.4 Å². The Hall–Kier alpha value is -4.82. The highest BCUT2D eigenvalue weighted by Crippen LogP contribution is 2.43. The first-order valence-corrected chi connectivity index (χ1v) is 18.8. The van der Waals surface area contributed by atoms with Gasteiger partial charge in [0.1, 0.15) is 27.6 Å². The molecule has 1 aliphatic heterocycles. The van der Waals surface area contributed by atoms with E-state index in [-0.39, 0.29) is 18.3 Å². The summed E-state index contributed by atoms with van der Waals surface area (Å²) in [5.74, 6) is 0.753. The second-order valence-corrected chi connectivity index (χ2v) is 17.2. The molecule has 290 valence electrons. The van der Waals surface area contributed by atoms with Gasteiger partial charge in [0, 0.05) is 54.0 Å². The first-order valence-electron chi connectivity index (χ1n) is 17.9. The minimum atomic E-state index is -0.936. The molecule has 1 aliphatic rings. The molecule has 4 aromatic rings. The Balaban J connectivity index is 1.73. The number of anilines is 1. The molecule has 3 amide bonds. The Bertz CT molecular complexity index is 1980. The lowest BCUT2D eigenvalue weighted by Crippen LogP contribution is -2.44. The average Bonchev–Trinajstić information content (AvgIpc) is 3.49. The number of imide groups is 1. The second kappa shape index (κ2) is 15.9. The molecule has 5 rings (SSSR count). The Labute approximate surface area is 320 Å². The summed E-state index contributed by atoms with van der Waals surface area (Å²) in [6.45, 7) is 17.3. The van der Waals surface area contributed by atoms with Crippen molar-refractivity contribution in [3.05, 3.63) is 53.4 Å². The number of hydrogen-bond acceptors (Lipinski definition) is 12. The van der Waals surface area contributed by atoms with Crippen molar-refractivity contribution in [3.63, 3.8) is 0 Å². The molecule has 14 heteroatoms. The molecule has 0 aliphatic carbocycles. The van der Waals surface area contributed by atoms with Crippen molar-refractivity contribution in [1.29, 1.82) is 0 Å². The summed E-state index contributed by atoms with van der Waals surface area (Å²) in [4.78, 5) is 58.3. The number of hydrogen-bond donors (Lipinski definition) is 0. The predicted octanol–water partition coefficient (Wildman–Crippen LogP) is 9.37. The maximum absolute atomic E-state index is 13.9. The normalized spacial score (nSPS) is 14.1. The molecule has 54 heavy (non-hydrogen) atoms. The molecule has 3 aromatic heterocycles. The molecule has 1 aromatic carbocycles. The lowest BCUT2D eigenvalue weighted by atomic mass is 9.97. The van der Waals surface area contributed by atoms with Gasteiger partial charge in [0.05, 0.1) is 25.5 Å². The summed E-state index contributed by atoms with van der Waals surface area (Å²) in [6.07, 6.45) is 4.21. The van der Waals surface area contributed by atoms with Crippen LogP contribution in [0.15, 0.2) is 42.9 Å². The summed E-state index contributed by atoms with van der Waals surface area (Å²) in [5, 5.41) is 1.81. The zero-order valence-electron chi connectivity index (χ0n) is 33.1. The van der Waals surface area contributed by atoms with Gasteiger partial charge in [-0.1, -0.05) is 12.1 Å². The molecule has 0 N–H and O–H groups in total. The van der Waals surface area contributed by atoms with Crippen LogP contribution in [0.1, 0.15) is 91.6 Å². The molecule has 1 saturated heterocycles. The SMILES string of the molecule is COc1cnccc1-c1ccc2c(-c3nc(CN(C)C(=O)OC(C)(C)C)c(C4CCOCC4)s3)cnc(N(C(=O)OC(C)(C)C)C(=O)OC(C)(C)C)c2c1. The van der Waals surface area contributed by atoms with Crippen molar-refractivity contribution >= 4 is 46.2 Å². The van der Waals surface area contributed by atoms with Crippen molar-refractivity contribution in [2.45, 2.75) is 104 Å². The van der Waals surface area contributed by atoms with E-state index >= 15 is 0 Å². The van der Waals surface area contributed by atoms with E-state index in [1.165, 1.54) is 16.2 Å². The van der Waals surface area contributed by atoms with Gasteiger partial charge in [-0.3, -0.25) is 4.98 Å². The smallest absolute Gasteiger partial charge is 0.425 e. The zero-order chi connectivity index (χ0) is 39.6. The first kappa shape index (κ1) is 40.4. The first-order chi connectivity index (χ1) is 25.2. The number of carbonyl (C=O) groups is 3. The number of pyridine rings is 2. The second-order valence-electron chi connectivity index (χ2n) is 16.2. The fourth-order valence-electron chi connectivity index (χ4n) is 5.89. The summed E-state index contributed by atoms with van der Waals surface area (Å²) in [6, 6.07) is 7.52. The van der Waals surface area contributed by atoms with Crippen molar-refractivity contribution in [1.82, 2.24) is 19.9 Å². The van der Waals surface area contributed by atoms with Gasteiger partial charge in [0.2, 0.25) is 0 Å². The number of benzene rings is 1.